The zero-order valence-corrected chi connectivity index (χ0v) is 29.1. The van der Waals surface area contributed by atoms with Gasteiger partial charge in [-0.1, -0.05) is 159 Å². The highest BCUT2D eigenvalue weighted by Gasteiger charge is 2.40. The maximum atomic E-state index is 6.75. The summed E-state index contributed by atoms with van der Waals surface area (Å²) < 4.78 is 6.75. The fourth-order valence-electron chi connectivity index (χ4n) is 9.26. The standard InChI is InChI=1S/C51H34O/c1-51(2)44-29-35-17-7-6-16-34(35)28-43(44)48-49(51)41(30-42-36-18-12-13-23-45(36)52-50(42)48)31-24-26-33(27-25-31)47-39-21-10-8-19-37(39)46(32-14-4-3-5-15-32)38-20-9-11-22-40(38)47/h3-30H,1-2H3. The SMILES string of the molecule is CC1(C)c2cc3ccccc3cc2-c2c1c(-c1ccc(-c3c4ccccc4c(-c4ccccc4)c4ccccc34)cc1)cc1c2oc2ccccc21. The molecule has 0 bridgehead atoms. The van der Waals surface area contributed by atoms with Gasteiger partial charge < -0.3 is 4.42 Å². The van der Waals surface area contributed by atoms with Crippen molar-refractivity contribution in [3.8, 4) is 44.5 Å². The molecule has 0 N–H and O–H groups in total. The average Bonchev–Trinajstić information content (AvgIpc) is 3.68. The van der Waals surface area contributed by atoms with E-state index >= 15 is 0 Å². The molecule has 0 radical (unpaired) electrons. The van der Waals surface area contributed by atoms with E-state index in [1.807, 2.05) is 0 Å². The van der Waals surface area contributed by atoms with E-state index in [0.29, 0.717) is 0 Å². The summed E-state index contributed by atoms with van der Waals surface area (Å²) in [5.41, 5.74) is 14.4. The van der Waals surface area contributed by atoms with Gasteiger partial charge in [0.15, 0.2) is 0 Å². The zero-order valence-electron chi connectivity index (χ0n) is 29.1. The minimum absolute atomic E-state index is 0.227. The number of hydrogen-bond donors (Lipinski definition) is 0. The Bertz CT molecular complexity index is 3010. The van der Waals surface area contributed by atoms with E-state index in [-0.39, 0.29) is 5.41 Å². The van der Waals surface area contributed by atoms with Gasteiger partial charge in [0.1, 0.15) is 11.2 Å². The third kappa shape index (κ3) is 4.05. The first kappa shape index (κ1) is 29.3. The second-order valence-electron chi connectivity index (χ2n) is 14.8. The van der Waals surface area contributed by atoms with Crippen LogP contribution in [-0.4, -0.2) is 0 Å². The third-order valence-corrected chi connectivity index (χ3v) is 11.6. The molecule has 52 heavy (non-hydrogen) atoms. The predicted octanol–water partition coefficient (Wildman–Crippen LogP) is 14.4. The van der Waals surface area contributed by atoms with Gasteiger partial charge in [-0.2, -0.15) is 0 Å². The molecule has 1 aliphatic rings. The number of hydrogen-bond acceptors (Lipinski definition) is 1. The second-order valence-corrected chi connectivity index (χ2v) is 14.8. The molecule has 0 aliphatic heterocycles. The zero-order chi connectivity index (χ0) is 34.6. The maximum absolute atomic E-state index is 6.75. The van der Waals surface area contributed by atoms with Crippen molar-refractivity contribution in [2.45, 2.75) is 19.3 Å². The van der Waals surface area contributed by atoms with Crippen LogP contribution in [0.1, 0.15) is 25.0 Å². The lowest BCUT2D eigenvalue weighted by Crippen LogP contribution is -2.16. The van der Waals surface area contributed by atoms with Crippen molar-refractivity contribution in [3.63, 3.8) is 0 Å². The van der Waals surface area contributed by atoms with Crippen LogP contribution in [0.15, 0.2) is 174 Å². The fourth-order valence-corrected chi connectivity index (χ4v) is 9.26. The molecule has 0 atom stereocenters. The molecule has 0 spiro atoms. The topological polar surface area (TPSA) is 13.1 Å². The molecule has 1 aromatic heterocycles. The Kier molecular flexibility index (Phi) is 6.08. The Morgan fingerprint density at radius 1 is 0.385 bits per heavy atom. The lowest BCUT2D eigenvalue weighted by atomic mass is 9.78. The molecule has 9 aromatic carbocycles. The Hall–Kier alpha value is -6.44. The first-order valence-electron chi connectivity index (χ1n) is 18.2. The molecule has 1 nitrogen and oxygen atoms in total. The van der Waals surface area contributed by atoms with Gasteiger partial charge in [-0.05, 0) is 107 Å². The minimum atomic E-state index is -0.227. The number of para-hydroxylation sites is 1. The predicted molar refractivity (Wildman–Crippen MR) is 220 cm³/mol. The van der Waals surface area contributed by atoms with Crippen LogP contribution >= 0.6 is 0 Å². The first-order chi connectivity index (χ1) is 25.6. The van der Waals surface area contributed by atoms with E-state index in [9.17, 15) is 0 Å². The molecule has 0 saturated carbocycles. The summed E-state index contributed by atoms with van der Waals surface area (Å²) in [5.74, 6) is 0. The van der Waals surface area contributed by atoms with E-state index < -0.39 is 0 Å². The Morgan fingerprint density at radius 3 is 1.52 bits per heavy atom. The lowest BCUT2D eigenvalue weighted by Gasteiger charge is -2.25. The van der Waals surface area contributed by atoms with Gasteiger partial charge in [-0.15, -0.1) is 0 Å². The van der Waals surface area contributed by atoms with Gasteiger partial charge in [0, 0.05) is 21.8 Å². The van der Waals surface area contributed by atoms with Crippen LogP contribution in [0.3, 0.4) is 0 Å². The Labute approximate surface area is 302 Å². The van der Waals surface area contributed by atoms with Gasteiger partial charge in [-0.25, -0.2) is 0 Å². The van der Waals surface area contributed by atoms with Crippen LogP contribution in [0.2, 0.25) is 0 Å². The number of furan rings is 1. The van der Waals surface area contributed by atoms with E-state index in [1.165, 1.54) is 93.3 Å². The molecule has 0 unspecified atom stereocenters. The molecular formula is C51H34O. The maximum Gasteiger partial charge on any atom is 0.143 e. The minimum Gasteiger partial charge on any atom is -0.455 e. The van der Waals surface area contributed by atoms with Crippen LogP contribution in [0.5, 0.6) is 0 Å². The van der Waals surface area contributed by atoms with Gasteiger partial charge in [0.2, 0.25) is 0 Å². The molecule has 0 fully saturated rings. The van der Waals surface area contributed by atoms with Gasteiger partial charge in [-0.3, -0.25) is 0 Å². The summed E-state index contributed by atoms with van der Waals surface area (Å²) in [6.07, 6.45) is 0. The van der Waals surface area contributed by atoms with Crippen molar-refractivity contribution in [3.05, 3.63) is 181 Å². The number of benzene rings is 9. The average molecular weight is 663 g/mol. The molecule has 1 aliphatic carbocycles. The van der Waals surface area contributed by atoms with Gasteiger partial charge in [0.05, 0.1) is 0 Å². The molecule has 0 saturated heterocycles. The summed E-state index contributed by atoms with van der Waals surface area (Å²) in [6, 6.07) is 62.3. The van der Waals surface area contributed by atoms with Crippen LogP contribution < -0.4 is 0 Å². The first-order valence-corrected chi connectivity index (χ1v) is 18.2. The van der Waals surface area contributed by atoms with E-state index in [0.717, 1.165) is 16.6 Å². The van der Waals surface area contributed by atoms with Gasteiger partial charge in [0.25, 0.3) is 0 Å². The lowest BCUT2D eigenvalue weighted by molar-refractivity contribution is 0.655. The van der Waals surface area contributed by atoms with Crippen LogP contribution in [-0.2, 0) is 5.41 Å². The van der Waals surface area contributed by atoms with Crippen molar-refractivity contribution in [2.24, 2.45) is 0 Å². The number of fused-ring (bicyclic) bond motifs is 10. The molecule has 10 aromatic rings. The molecule has 1 heterocycles. The van der Waals surface area contributed by atoms with E-state index in [4.69, 9.17) is 4.42 Å². The largest absolute Gasteiger partial charge is 0.455 e. The summed E-state index contributed by atoms with van der Waals surface area (Å²) in [4.78, 5) is 0. The normalized spacial score (nSPS) is 13.3. The third-order valence-electron chi connectivity index (χ3n) is 11.6. The summed E-state index contributed by atoms with van der Waals surface area (Å²) >= 11 is 0. The van der Waals surface area contributed by atoms with Crippen molar-refractivity contribution >= 4 is 54.3 Å². The van der Waals surface area contributed by atoms with Crippen LogP contribution in [0, 0.1) is 0 Å². The molecule has 0 amide bonds. The van der Waals surface area contributed by atoms with Crippen LogP contribution in [0.25, 0.3) is 98.8 Å². The molecule has 11 rings (SSSR count). The summed E-state index contributed by atoms with van der Waals surface area (Å²) in [5, 5.41) is 9.92. The second kappa shape index (κ2) is 10.8. The van der Waals surface area contributed by atoms with Crippen molar-refractivity contribution < 1.29 is 4.42 Å². The van der Waals surface area contributed by atoms with Crippen LogP contribution in [0.4, 0.5) is 0 Å². The highest BCUT2D eigenvalue weighted by molar-refractivity contribution is 6.21. The Morgan fingerprint density at radius 2 is 0.885 bits per heavy atom. The quantitative estimate of drug-likeness (QED) is 0.172. The Balaban J connectivity index is 1.16. The molecule has 244 valence electrons. The van der Waals surface area contributed by atoms with Crippen molar-refractivity contribution in [1.29, 1.82) is 0 Å². The highest BCUT2D eigenvalue weighted by Crippen LogP contribution is 2.57. The fraction of sp³-hybridized carbons (Fsp3) is 0.0588. The highest BCUT2D eigenvalue weighted by atomic mass is 16.3. The van der Waals surface area contributed by atoms with Crippen molar-refractivity contribution in [2.75, 3.05) is 0 Å². The van der Waals surface area contributed by atoms with E-state index in [2.05, 4.69) is 184 Å². The smallest absolute Gasteiger partial charge is 0.143 e. The number of rotatable bonds is 3. The van der Waals surface area contributed by atoms with E-state index in [1.54, 1.807) is 0 Å². The summed E-state index contributed by atoms with van der Waals surface area (Å²) in [7, 11) is 0. The molecule has 1 heteroatoms. The van der Waals surface area contributed by atoms with Gasteiger partial charge >= 0.3 is 0 Å². The molecular weight excluding hydrogens is 629 g/mol. The van der Waals surface area contributed by atoms with Crippen molar-refractivity contribution in [1.82, 2.24) is 0 Å². The monoisotopic (exact) mass is 662 g/mol. The summed E-state index contributed by atoms with van der Waals surface area (Å²) in [6.45, 7) is 4.76.